The van der Waals surface area contributed by atoms with Gasteiger partial charge in [-0.1, -0.05) is 132 Å². The third-order valence-electron chi connectivity index (χ3n) is 12.0. The fraction of sp³-hybridized carbons (Fsp3) is 0.950. The van der Waals surface area contributed by atoms with Crippen LogP contribution in [0.4, 0.5) is 0 Å². The average Bonchev–Trinajstić information content (AvgIpc) is 2.87. The van der Waals surface area contributed by atoms with E-state index >= 15 is 0 Å². The standard InChI is InChI=1S/C31H58.C9H18/c1-8-19-31(7,27(6)26(5)22-25(4)21-24(2)3)20-18-29-16-12-13-17-30(29)23-28-14-10-9-11-15-28;1-7-4-8(2)6-9(3)5-7/h8,19,24-30H,9-18,20-23H2,1-7H3;7-9H,4-6H2,1-3H3. The van der Waals surface area contributed by atoms with Crippen LogP contribution in [0.3, 0.4) is 0 Å². The fourth-order valence-electron chi connectivity index (χ4n) is 9.90. The SMILES string of the molecule is CC1CC(C)CC(C)C1.CC=CC(C)(CCC1CCCCC1CC1CCCCC1)C(C)C(C)CC(C)CC(C)C. The molecule has 0 aromatic heterocycles. The van der Waals surface area contributed by atoms with Crippen molar-refractivity contribution in [2.24, 2.45) is 64.6 Å². The maximum absolute atomic E-state index is 2.58. The lowest BCUT2D eigenvalue weighted by Gasteiger charge is -2.41. The molecule has 6 atom stereocenters. The number of hydrogen-bond donors (Lipinski definition) is 0. The zero-order chi connectivity index (χ0) is 29.7. The Balaban J connectivity index is 0.000000526. The van der Waals surface area contributed by atoms with Crippen molar-refractivity contribution in [2.45, 2.75) is 178 Å². The van der Waals surface area contributed by atoms with E-state index in [9.17, 15) is 0 Å². The van der Waals surface area contributed by atoms with Crippen LogP contribution in [0.15, 0.2) is 12.2 Å². The summed E-state index contributed by atoms with van der Waals surface area (Å²) in [6, 6.07) is 0. The van der Waals surface area contributed by atoms with Crippen molar-refractivity contribution < 1.29 is 0 Å². The van der Waals surface area contributed by atoms with Gasteiger partial charge in [0, 0.05) is 0 Å². The molecule has 0 spiro atoms. The minimum atomic E-state index is 0.360. The normalized spacial score (nSPS) is 32.2. The lowest BCUT2D eigenvalue weighted by molar-refractivity contribution is 0.120. The number of rotatable bonds is 12. The quantitative estimate of drug-likeness (QED) is 0.210. The summed E-state index contributed by atoms with van der Waals surface area (Å²) in [5.41, 5.74) is 0.360. The molecule has 0 bridgehead atoms. The molecule has 0 saturated heterocycles. The molecule has 0 heterocycles. The molecule has 0 aliphatic heterocycles. The molecule has 0 N–H and O–H groups in total. The van der Waals surface area contributed by atoms with Crippen molar-refractivity contribution >= 4 is 0 Å². The molecule has 0 heteroatoms. The predicted molar refractivity (Wildman–Crippen MR) is 182 cm³/mol. The zero-order valence-corrected chi connectivity index (χ0v) is 29.4. The molecular weight excluding hydrogens is 480 g/mol. The molecule has 236 valence electrons. The van der Waals surface area contributed by atoms with Crippen LogP contribution in [-0.2, 0) is 0 Å². The Hall–Kier alpha value is -0.260. The molecule has 3 rings (SSSR count). The summed E-state index contributed by atoms with van der Waals surface area (Å²) in [7, 11) is 0. The second-order valence-electron chi connectivity index (χ2n) is 16.8. The Morgan fingerprint density at radius 1 is 0.700 bits per heavy atom. The van der Waals surface area contributed by atoms with Crippen LogP contribution < -0.4 is 0 Å². The van der Waals surface area contributed by atoms with Crippen molar-refractivity contribution in [1.82, 2.24) is 0 Å². The van der Waals surface area contributed by atoms with Crippen molar-refractivity contribution in [3.8, 4) is 0 Å². The summed E-state index contributed by atoms with van der Waals surface area (Å²) >= 11 is 0. The first-order valence-electron chi connectivity index (χ1n) is 18.6. The smallest absolute Gasteiger partial charge is 0.0118 e. The van der Waals surface area contributed by atoms with Gasteiger partial charge in [-0.2, -0.15) is 0 Å². The van der Waals surface area contributed by atoms with E-state index in [1.165, 1.54) is 103 Å². The van der Waals surface area contributed by atoms with Gasteiger partial charge in [-0.25, -0.2) is 0 Å². The highest BCUT2D eigenvalue weighted by Crippen LogP contribution is 2.46. The highest BCUT2D eigenvalue weighted by Gasteiger charge is 2.35. The zero-order valence-electron chi connectivity index (χ0n) is 29.4. The second-order valence-corrected chi connectivity index (χ2v) is 16.8. The van der Waals surface area contributed by atoms with Gasteiger partial charge < -0.3 is 0 Å². The number of hydrogen-bond acceptors (Lipinski definition) is 0. The van der Waals surface area contributed by atoms with E-state index < -0.39 is 0 Å². The van der Waals surface area contributed by atoms with E-state index in [1.54, 1.807) is 6.42 Å². The lowest BCUT2D eigenvalue weighted by Crippen LogP contribution is -2.31. The van der Waals surface area contributed by atoms with Crippen molar-refractivity contribution in [2.75, 3.05) is 0 Å². The van der Waals surface area contributed by atoms with Crippen LogP contribution in [0.25, 0.3) is 0 Å². The van der Waals surface area contributed by atoms with E-state index in [-0.39, 0.29) is 0 Å². The first-order chi connectivity index (χ1) is 18.9. The molecule has 0 radical (unpaired) electrons. The molecule has 0 aromatic carbocycles. The molecule has 3 fully saturated rings. The van der Waals surface area contributed by atoms with E-state index in [0.717, 1.165) is 59.2 Å². The number of allylic oxidation sites excluding steroid dienone is 2. The van der Waals surface area contributed by atoms with Gasteiger partial charge >= 0.3 is 0 Å². The Labute approximate surface area is 254 Å². The fourth-order valence-corrected chi connectivity index (χ4v) is 9.90. The van der Waals surface area contributed by atoms with Crippen LogP contribution in [-0.4, -0.2) is 0 Å². The van der Waals surface area contributed by atoms with Gasteiger partial charge in [-0.05, 0) is 123 Å². The Bertz CT molecular complexity index is 643. The molecule has 0 amide bonds. The highest BCUT2D eigenvalue weighted by atomic mass is 14.4. The minimum Gasteiger partial charge on any atom is -0.0911 e. The third kappa shape index (κ3) is 12.9. The van der Waals surface area contributed by atoms with Gasteiger partial charge in [0.2, 0.25) is 0 Å². The maximum atomic E-state index is 2.58. The van der Waals surface area contributed by atoms with Gasteiger partial charge in [0.15, 0.2) is 0 Å². The summed E-state index contributed by atoms with van der Waals surface area (Å²) in [4.78, 5) is 0. The first-order valence-corrected chi connectivity index (χ1v) is 18.6. The largest absolute Gasteiger partial charge is 0.0911 e. The summed E-state index contributed by atoms with van der Waals surface area (Å²) in [5, 5.41) is 0. The topological polar surface area (TPSA) is 0 Å². The van der Waals surface area contributed by atoms with Crippen molar-refractivity contribution in [1.29, 1.82) is 0 Å². The minimum absolute atomic E-state index is 0.360. The highest BCUT2D eigenvalue weighted by molar-refractivity contribution is 5.00. The van der Waals surface area contributed by atoms with Gasteiger partial charge in [-0.15, -0.1) is 0 Å². The van der Waals surface area contributed by atoms with E-state index in [4.69, 9.17) is 0 Å². The molecule has 6 unspecified atom stereocenters. The third-order valence-corrected chi connectivity index (χ3v) is 12.0. The van der Waals surface area contributed by atoms with Crippen molar-refractivity contribution in [3.05, 3.63) is 12.2 Å². The Morgan fingerprint density at radius 2 is 1.23 bits per heavy atom. The molecule has 3 saturated carbocycles. The van der Waals surface area contributed by atoms with Gasteiger partial charge in [0.1, 0.15) is 0 Å². The molecule has 3 aliphatic carbocycles. The predicted octanol–water partition coefficient (Wildman–Crippen LogP) is 13.5. The van der Waals surface area contributed by atoms with Gasteiger partial charge in [0.25, 0.3) is 0 Å². The van der Waals surface area contributed by atoms with Crippen LogP contribution in [0.1, 0.15) is 178 Å². The first kappa shape index (κ1) is 35.9. The Kier molecular flexibility index (Phi) is 16.5. The van der Waals surface area contributed by atoms with Crippen molar-refractivity contribution in [3.63, 3.8) is 0 Å². The summed E-state index contributed by atoms with van der Waals surface area (Å²) < 4.78 is 0. The van der Waals surface area contributed by atoms with Crippen LogP contribution in [0, 0.1) is 64.6 Å². The van der Waals surface area contributed by atoms with E-state index in [2.05, 4.69) is 81.4 Å². The van der Waals surface area contributed by atoms with Crippen LogP contribution >= 0.6 is 0 Å². The van der Waals surface area contributed by atoms with Gasteiger partial charge in [0.05, 0.1) is 0 Å². The molecule has 40 heavy (non-hydrogen) atoms. The van der Waals surface area contributed by atoms with Crippen LogP contribution in [0.2, 0.25) is 0 Å². The average molecular weight is 557 g/mol. The monoisotopic (exact) mass is 557 g/mol. The van der Waals surface area contributed by atoms with Gasteiger partial charge in [-0.3, -0.25) is 0 Å². The second kappa shape index (κ2) is 18.4. The molecule has 3 aliphatic rings. The maximum Gasteiger partial charge on any atom is -0.0118 e. The molecular formula is C40H76. The van der Waals surface area contributed by atoms with Crippen LogP contribution in [0.5, 0.6) is 0 Å². The lowest BCUT2D eigenvalue weighted by atomic mass is 9.64. The summed E-state index contributed by atoms with van der Waals surface area (Å²) in [5.74, 6) is 9.31. The molecule has 0 nitrogen and oxygen atoms in total. The Morgan fingerprint density at radius 3 is 1.75 bits per heavy atom. The summed E-state index contributed by atoms with van der Waals surface area (Å²) in [6.07, 6.45) is 30.1. The summed E-state index contributed by atoms with van der Waals surface area (Å²) in [6.45, 7) is 24.3. The molecule has 0 aromatic rings. The van der Waals surface area contributed by atoms with E-state index in [1.807, 2.05) is 0 Å². The van der Waals surface area contributed by atoms with E-state index in [0.29, 0.717) is 5.41 Å².